The minimum absolute atomic E-state index is 0. The molecule has 0 radical (unpaired) electrons. The van der Waals surface area contributed by atoms with Crippen molar-refractivity contribution in [3.63, 3.8) is 0 Å². The fourth-order valence-corrected chi connectivity index (χ4v) is 2.26. The van der Waals surface area contributed by atoms with Gasteiger partial charge in [0.15, 0.2) is 5.96 Å². The summed E-state index contributed by atoms with van der Waals surface area (Å²) in [5.74, 6) is 0.214. The molecule has 1 aromatic rings. The van der Waals surface area contributed by atoms with Crippen LogP contribution in [0.4, 0.5) is 0 Å². The lowest BCUT2D eigenvalue weighted by Crippen LogP contribution is -2.36. The second kappa shape index (κ2) is 7.24. The molecule has 1 aromatic carbocycles. The number of piperidine rings is 1. The van der Waals surface area contributed by atoms with Crippen LogP contribution in [0.15, 0.2) is 35.3 Å². The van der Waals surface area contributed by atoms with E-state index in [1.54, 1.807) is 0 Å². The summed E-state index contributed by atoms with van der Waals surface area (Å²) in [6, 6.07) is 10.9. The summed E-state index contributed by atoms with van der Waals surface area (Å²) in [5.41, 5.74) is 12.2. The molecular weight excluding hydrogens is 248 g/mol. The van der Waals surface area contributed by atoms with E-state index in [1.165, 1.54) is 5.56 Å². The van der Waals surface area contributed by atoms with Crippen LogP contribution in [-0.2, 0) is 6.54 Å². The summed E-state index contributed by atoms with van der Waals surface area (Å²) >= 11 is 0. The van der Waals surface area contributed by atoms with Crippen molar-refractivity contribution in [3.8, 4) is 0 Å². The Morgan fingerprint density at radius 3 is 2.33 bits per heavy atom. The number of hydrogen-bond donors (Lipinski definition) is 2. The first-order chi connectivity index (χ1) is 8.24. The third-order valence-corrected chi connectivity index (χ3v) is 3.14. The van der Waals surface area contributed by atoms with E-state index < -0.39 is 0 Å². The Hall–Kier alpha value is -1.26. The summed E-state index contributed by atoms with van der Waals surface area (Å²) in [7, 11) is 0. The second-order valence-corrected chi connectivity index (χ2v) is 4.55. The second-order valence-electron chi connectivity index (χ2n) is 4.55. The molecule has 0 saturated carbocycles. The Labute approximate surface area is 114 Å². The standard InChI is InChI=1S/C13H20N4.ClH/c14-13(15)16-12-6-8-17(9-7-12)10-11-4-2-1-3-5-11;/h1-5,12H,6-10H2,(H4,14,15,16);1H. The molecule has 5 heteroatoms. The van der Waals surface area contributed by atoms with Crippen molar-refractivity contribution in [1.29, 1.82) is 0 Å². The van der Waals surface area contributed by atoms with E-state index >= 15 is 0 Å². The number of aliphatic imine (C=N–C) groups is 1. The van der Waals surface area contributed by atoms with E-state index in [2.05, 4.69) is 40.2 Å². The molecule has 0 atom stereocenters. The Kier molecular flexibility index (Phi) is 5.95. The minimum atomic E-state index is 0. The molecule has 100 valence electrons. The Morgan fingerprint density at radius 1 is 1.17 bits per heavy atom. The number of halogens is 1. The van der Waals surface area contributed by atoms with E-state index in [0.717, 1.165) is 32.5 Å². The zero-order chi connectivity index (χ0) is 12.1. The van der Waals surface area contributed by atoms with Crippen LogP contribution in [0.1, 0.15) is 18.4 Å². The predicted molar refractivity (Wildman–Crippen MR) is 77.8 cm³/mol. The highest BCUT2D eigenvalue weighted by atomic mass is 35.5. The van der Waals surface area contributed by atoms with E-state index in [0.29, 0.717) is 6.04 Å². The molecule has 0 amide bonds. The zero-order valence-corrected chi connectivity index (χ0v) is 11.3. The largest absolute Gasteiger partial charge is 0.370 e. The Bertz CT molecular complexity index is 368. The quantitative estimate of drug-likeness (QED) is 0.642. The summed E-state index contributed by atoms with van der Waals surface area (Å²) < 4.78 is 0. The molecular formula is C13H21ClN4. The fraction of sp³-hybridized carbons (Fsp3) is 0.462. The molecule has 0 spiro atoms. The van der Waals surface area contributed by atoms with Crippen LogP contribution in [0.3, 0.4) is 0 Å². The third kappa shape index (κ3) is 4.55. The van der Waals surface area contributed by atoms with Gasteiger partial charge in [-0.2, -0.15) is 0 Å². The first-order valence-corrected chi connectivity index (χ1v) is 6.09. The number of benzene rings is 1. The van der Waals surface area contributed by atoms with Gasteiger partial charge in [0.25, 0.3) is 0 Å². The summed E-state index contributed by atoms with van der Waals surface area (Å²) in [6.07, 6.45) is 2.09. The van der Waals surface area contributed by atoms with Crippen molar-refractivity contribution in [3.05, 3.63) is 35.9 Å². The molecule has 1 heterocycles. The summed E-state index contributed by atoms with van der Waals surface area (Å²) in [4.78, 5) is 6.68. The highest BCUT2D eigenvalue weighted by molar-refractivity contribution is 5.85. The first-order valence-electron chi connectivity index (χ1n) is 6.09. The highest BCUT2D eigenvalue weighted by Crippen LogP contribution is 2.15. The topological polar surface area (TPSA) is 67.6 Å². The maximum Gasteiger partial charge on any atom is 0.186 e. The van der Waals surface area contributed by atoms with Crippen LogP contribution in [0.25, 0.3) is 0 Å². The number of guanidine groups is 1. The fourth-order valence-electron chi connectivity index (χ4n) is 2.26. The number of nitrogens with two attached hydrogens (primary N) is 2. The van der Waals surface area contributed by atoms with E-state index in [1.807, 2.05) is 0 Å². The number of nitrogens with zero attached hydrogens (tertiary/aromatic N) is 2. The Balaban J connectivity index is 0.00000162. The summed E-state index contributed by atoms with van der Waals surface area (Å²) in [6.45, 7) is 3.15. The number of rotatable bonds is 3. The van der Waals surface area contributed by atoms with Gasteiger partial charge in [-0.3, -0.25) is 9.89 Å². The predicted octanol–water partition coefficient (Wildman–Crippen LogP) is 1.35. The minimum Gasteiger partial charge on any atom is -0.370 e. The van der Waals surface area contributed by atoms with Gasteiger partial charge in [-0.05, 0) is 18.4 Å². The molecule has 4 N–H and O–H groups in total. The van der Waals surface area contributed by atoms with Crippen LogP contribution in [0, 0.1) is 0 Å². The van der Waals surface area contributed by atoms with Crippen molar-refractivity contribution in [2.45, 2.75) is 25.4 Å². The SMILES string of the molecule is Cl.NC(N)=NC1CCN(Cc2ccccc2)CC1. The van der Waals surface area contributed by atoms with Crippen LogP contribution < -0.4 is 11.5 Å². The lowest BCUT2D eigenvalue weighted by Gasteiger charge is -2.30. The average Bonchev–Trinajstić information content (AvgIpc) is 2.32. The number of likely N-dealkylation sites (tertiary alicyclic amines) is 1. The lowest BCUT2D eigenvalue weighted by atomic mass is 10.0. The van der Waals surface area contributed by atoms with E-state index in [9.17, 15) is 0 Å². The maximum absolute atomic E-state index is 5.40. The van der Waals surface area contributed by atoms with E-state index in [4.69, 9.17) is 11.5 Å². The summed E-state index contributed by atoms with van der Waals surface area (Å²) in [5, 5.41) is 0. The normalized spacial score (nSPS) is 16.9. The van der Waals surface area contributed by atoms with Crippen molar-refractivity contribution in [1.82, 2.24) is 4.90 Å². The van der Waals surface area contributed by atoms with Gasteiger partial charge >= 0.3 is 0 Å². The molecule has 0 aliphatic carbocycles. The smallest absolute Gasteiger partial charge is 0.186 e. The van der Waals surface area contributed by atoms with Crippen LogP contribution >= 0.6 is 12.4 Å². The van der Waals surface area contributed by atoms with Gasteiger partial charge in [-0.25, -0.2) is 0 Å². The molecule has 18 heavy (non-hydrogen) atoms. The van der Waals surface area contributed by atoms with Crippen molar-refractivity contribution in [2.24, 2.45) is 16.5 Å². The molecule has 0 aromatic heterocycles. The monoisotopic (exact) mass is 268 g/mol. The molecule has 1 saturated heterocycles. The average molecular weight is 269 g/mol. The first kappa shape index (κ1) is 14.8. The molecule has 1 aliphatic heterocycles. The van der Waals surface area contributed by atoms with Crippen LogP contribution in [-0.4, -0.2) is 30.0 Å². The molecule has 0 bridgehead atoms. The van der Waals surface area contributed by atoms with Crippen molar-refractivity contribution in [2.75, 3.05) is 13.1 Å². The van der Waals surface area contributed by atoms with Gasteiger partial charge in [0.1, 0.15) is 0 Å². The van der Waals surface area contributed by atoms with Gasteiger partial charge in [-0.1, -0.05) is 30.3 Å². The molecule has 0 unspecified atom stereocenters. The number of hydrogen-bond acceptors (Lipinski definition) is 2. The lowest BCUT2D eigenvalue weighted by molar-refractivity contribution is 0.206. The van der Waals surface area contributed by atoms with Gasteiger partial charge in [0.2, 0.25) is 0 Å². The molecule has 2 rings (SSSR count). The van der Waals surface area contributed by atoms with Gasteiger partial charge < -0.3 is 11.5 Å². The van der Waals surface area contributed by atoms with Gasteiger partial charge in [0.05, 0.1) is 6.04 Å². The van der Waals surface area contributed by atoms with Crippen molar-refractivity contribution >= 4 is 18.4 Å². The molecule has 1 fully saturated rings. The highest BCUT2D eigenvalue weighted by Gasteiger charge is 2.18. The van der Waals surface area contributed by atoms with Crippen LogP contribution in [0.5, 0.6) is 0 Å². The van der Waals surface area contributed by atoms with Gasteiger partial charge in [0, 0.05) is 19.6 Å². The van der Waals surface area contributed by atoms with E-state index in [-0.39, 0.29) is 18.4 Å². The maximum atomic E-state index is 5.40. The zero-order valence-electron chi connectivity index (χ0n) is 10.5. The van der Waals surface area contributed by atoms with Crippen molar-refractivity contribution < 1.29 is 0 Å². The third-order valence-electron chi connectivity index (χ3n) is 3.14. The molecule has 1 aliphatic rings. The van der Waals surface area contributed by atoms with Gasteiger partial charge in [-0.15, -0.1) is 12.4 Å². The molecule has 4 nitrogen and oxygen atoms in total. The van der Waals surface area contributed by atoms with Crippen LogP contribution in [0.2, 0.25) is 0 Å². The Morgan fingerprint density at radius 2 is 1.78 bits per heavy atom.